The molecule has 1 heterocycles. The minimum absolute atomic E-state index is 0.242. The van der Waals surface area contributed by atoms with Crippen LogP contribution in [0.15, 0.2) is 218 Å². The second-order valence-corrected chi connectivity index (χ2v) is 17.3. The SMILES string of the molecule is CC1(C)c2cc(N(c3ccccc3)c3ccc(-c4ccccc4)cc3)ccc2-c2ccc(N(c3ccc(-c4ccccc4)cc3)c3ccc4c(c3)sc3ccccc34)cc21. The fourth-order valence-electron chi connectivity index (χ4n) is 9.18. The predicted octanol–water partition coefficient (Wildman–Crippen LogP) is 16.6. The molecule has 286 valence electrons. The highest BCUT2D eigenvalue weighted by atomic mass is 32.1. The first-order valence-corrected chi connectivity index (χ1v) is 21.5. The maximum Gasteiger partial charge on any atom is 0.0476 e. The molecule has 0 N–H and O–H groups in total. The number of hydrogen-bond acceptors (Lipinski definition) is 3. The number of benzene rings is 9. The van der Waals surface area contributed by atoms with Crippen molar-refractivity contribution in [2.45, 2.75) is 19.3 Å². The normalized spacial score (nSPS) is 12.6. The summed E-state index contributed by atoms with van der Waals surface area (Å²) in [6.45, 7) is 4.77. The molecule has 0 bridgehead atoms. The Morgan fingerprint density at radius 2 is 0.700 bits per heavy atom. The van der Waals surface area contributed by atoms with E-state index in [4.69, 9.17) is 0 Å². The van der Waals surface area contributed by atoms with Gasteiger partial charge in [0.1, 0.15) is 0 Å². The molecule has 60 heavy (non-hydrogen) atoms. The van der Waals surface area contributed by atoms with E-state index in [9.17, 15) is 0 Å². The molecule has 0 spiro atoms. The van der Waals surface area contributed by atoms with Gasteiger partial charge in [-0.15, -0.1) is 11.3 Å². The first-order valence-electron chi connectivity index (χ1n) is 20.7. The van der Waals surface area contributed by atoms with Crippen LogP contribution in [0.5, 0.6) is 0 Å². The fourth-order valence-corrected chi connectivity index (χ4v) is 10.3. The van der Waals surface area contributed by atoms with Crippen LogP contribution in [0, 0.1) is 0 Å². The number of fused-ring (bicyclic) bond motifs is 6. The van der Waals surface area contributed by atoms with Gasteiger partial charge in [-0.1, -0.05) is 153 Å². The van der Waals surface area contributed by atoms with Crippen LogP contribution in [-0.2, 0) is 5.41 Å². The highest BCUT2D eigenvalue weighted by molar-refractivity contribution is 7.25. The number of rotatable bonds is 8. The Labute approximate surface area is 355 Å². The molecule has 0 saturated heterocycles. The lowest BCUT2D eigenvalue weighted by atomic mass is 9.82. The average Bonchev–Trinajstić information content (AvgIpc) is 3.79. The lowest BCUT2D eigenvalue weighted by Gasteiger charge is -2.29. The number of para-hydroxylation sites is 1. The molecular weight excluding hydrogens is 745 g/mol. The van der Waals surface area contributed by atoms with Gasteiger partial charge >= 0.3 is 0 Å². The highest BCUT2D eigenvalue weighted by Gasteiger charge is 2.37. The molecule has 2 nitrogen and oxygen atoms in total. The van der Waals surface area contributed by atoms with E-state index < -0.39 is 0 Å². The summed E-state index contributed by atoms with van der Waals surface area (Å²) in [5.74, 6) is 0. The monoisotopic (exact) mass is 786 g/mol. The Bertz CT molecular complexity index is 3150. The van der Waals surface area contributed by atoms with Crippen LogP contribution in [0.1, 0.15) is 25.0 Å². The number of nitrogens with zero attached hydrogens (tertiary/aromatic N) is 2. The summed E-state index contributed by atoms with van der Waals surface area (Å²) in [4.78, 5) is 4.81. The van der Waals surface area contributed by atoms with Gasteiger partial charge in [0.25, 0.3) is 0 Å². The van der Waals surface area contributed by atoms with Crippen LogP contribution in [0.4, 0.5) is 34.1 Å². The van der Waals surface area contributed by atoms with Crippen molar-refractivity contribution in [1.29, 1.82) is 0 Å². The third kappa shape index (κ3) is 6.18. The van der Waals surface area contributed by atoms with Crippen molar-refractivity contribution < 1.29 is 0 Å². The van der Waals surface area contributed by atoms with Crippen molar-refractivity contribution >= 4 is 65.6 Å². The molecule has 1 aliphatic rings. The Kier molecular flexibility index (Phi) is 8.72. The molecule has 1 aromatic heterocycles. The Hall–Kier alpha value is -7.20. The highest BCUT2D eigenvalue weighted by Crippen LogP contribution is 2.53. The molecule has 0 aliphatic heterocycles. The summed E-state index contributed by atoms with van der Waals surface area (Å²) in [6, 6.07) is 79.7. The second kappa shape index (κ2) is 14.6. The van der Waals surface area contributed by atoms with Crippen LogP contribution in [0.25, 0.3) is 53.6 Å². The zero-order valence-corrected chi connectivity index (χ0v) is 34.4. The van der Waals surface area contributed by atoms with Crippen molar-refractivity contribution in [2.24, 2.45) is 0 Å². The maximum atomic E-state index is 2.44. The molecule has 0 amide bonds. The van der Waals surface area contributed by atoms with Crippen LogP contribution >= 0.6 is 11.3 Å². The summed E-state index contributed by atoms with van der Waals surface area (Å²) < 4.78 is 2.61. The molecule has 10 aromatic rings. The first-order chi connectivity index (χ1) is 29.5. The van der Waals surface area contributed by atoms with E-state index in [0.717, 1.165) is 34.1 Å². The summed E-state index contributed by atoms with van der Waals surface area (Å²) in [5, 5.41) is 2.62. The van der Waals surface area contributed by atoms with E-state index >= 15 is 0 Å². The van der Waals surface area contributed by atoms with E-state index in [2.05, 4.69) is 242 Å². The van der Waals surface area contributed by atoms with Gasteiger partial charge in [0.05, 0.1) is 0 Å². The largest absolute Gasteiger partial charge is 0.310 e. The molecule has 3 heteroatoms. The average molecular weight is 787 g/mol. The lowest BCUT2D eigenvalue weighted by molar-refractivity contribution is 0.660. The molecule has 11 rings (SSSR count). The van der Waals surface area contributed by atoms with Crippen LogP contribution in [0.3, 0.4) is 0 Å². The van der Waals surface area contributed by atoms with Crippen LogP contribution < -0.4 is 9.80 Å². The minimum Gasteiger partial charge on any atom is -0.310 e. The lowest BCUT2D eigenvalue weighted by Crippen LogP contribution is -2.17. The molecule has 1 aliphatic carbocycles. The molecule has 0 atom stereocenters. The van der Waals surface area contributed by atoms with Gasteiger partial charge in [-0.2, -0.15) is 0 Å². The molecule has 0 fully saturated rings. The molecule has 0 unspecified atom stereocenters. The van der Waals surface area contributed by atoms with Gasteiger partial charge < -0.3 is 9.80 Å². The van der Waals surface area contributed by atoms with Gasteiger partial charge in [0.15, 0.2) is 0 Å². The third-order valence-electron chi connectivity index (χ3n) is 12.3. The minimum atomic E-state index is -0.242. The molecular formula is C57H42N2S. The Balaban J connectivity index is 1.00. The molecule has 0 saturated carbocycles. The molecule has 9 aromatic carbocycles. The predicted molar refractivity (Wildman–Crippen MR) is 257 cm³/mol. The standard InChI is InChI=1S/C57H42N2S/c1-57(2)53-36-46(58(43-18-10-5-11-19-43)44-26-22-41(23-27-44)39-14-6-3-7-15-39)30-33-49(53)50-34-31-47(37-54(50)57)59(45-28-24-42(25-29-45)40-16-8-4-9-17-40)48-32-35-52-51-20-12-13-21-55(51)60-56(52)38-48/h3-38H,1-2H3. The zero-order valence-electron chi connectivity index (χ0n) is 33.6. The summed E-state index contributed by atoms with van der Waals surface area (Å²) >= 11 is 1.86. The van der Waals surface area contributed by atoms with Gasteiger partial charge in [0.2, 0.25) is 0 Å². The van der Waals surface area contributed by atoms with Gasteiger partial charge in [0, 0.05) is 59.7 Å². The number of thiophene rings is 1. The Morgan fingerprint density at radius 1 is 0.317 bits per heavy atom. The third-order valence-corrected chi connectivity index (χ3v) is 13.4. The zero-order chi connectivity index (χ0) is 40.2. The fraction of sp³-hybridized carbons (Fsp3) is 0.0526. The van der Waals surface area contributed by atoms with Gasteiger partial charge in [-0.25, -0.2) is 0 Å². The topological polar surface area (TPSA) is 6.48 Å². The van der Waals surface area contributed by atoms with E-state index in [1.807, 2.05) is 11.3 Å². The van der Waals surface area contributed by atoms with E-state index in [0.29, 0.717) is 0 Å². The van der Waals surface area contributed by atoms with Crippen molar-refractivity contribution in [3.8, 4) is 33.4 Å². The summed E-state index contributed by atoms with van der Waals surface area (Å²) in [6.07, 6.45) is 0. The Morgan fingerprint density at radius 3 is 1.25 bits per heavy atom. The van der Waals surface area contributed by atoms with E-state index in [1.165, 1.54) is 64.7 Å². The number of anilines is 6. The van der Waals surface area contributed by atoms with Crippen molar-refractivity contribution in [1.82, 2.24) is 0 Å². The van der Waals surface area contributed by atoms with Crippen molar-refractivity contribution in [3.63, 3.8) is 0 Å². The van der Waals surface area contributed by atoms with Crippen LogP contribution in [0.2, 0.25) is 0 Å². The quantitative estimate of drug-likeness (QED) is 0.151. The van der Waals surface area contributed by atoms with Crippen molar-refractivity contribution in [3.05, 3.63) is 230 Å². The molecule has 0 radical (unpaired) electrons. The van der Waals surface area contributed by atoms with Crippen LogP contribution in [-0.4, -0.2) is 0 Å². The van der Waals surface area contributed by atoms with E-state index in [1.54, 1.807) is 0 Å². The van der Waals surface area contributed by atoms with E-state index in [-0.39, 0.29) is 5.41 Å². The van der Waals surface area contributed by atoms with Crippen molar-refractivity contribution in [2.75, 3.05) is 9.80 Å². The summed E-state index contributed by atoms with van der Waals surface area (Å²) in [5.41, 5.74) is 16.7. The smallest absolute Gasteiger partial charge is 0.0476 e. The van der Waals surface area contributed by atoms with Gasteiger partial charge in [-0.3, -0.25) is 0 Å². The first kappa shape index (κ1) is 35.9. The summed E-state index contributed by atoms with van der Waals surface area (Å²) in [7, 11) is 0. The second-order valence-electron chi connectivity index (χ2n) is 16.2. The number of hydrogen-bond donors (Lipinski definition) is 0. The maximum absolute atomic E-state index is 2.44. The van der Waals surface area contributed by atoms with Gasteiger partial charge in [-0.05, 0) is 123 Å².